The third-order valence-electron chi connectivity index (χ3n) is 4.05. The largest absolute Gasteiger partial charge is 0.312 e. The minimum absolute atomic E-state index is 0.159. The van der Waals surface area contributed by atoms with Crippen LogP contribution in [0.4, 0.5) is 0 Å². The number of nitrogens with zero attached hydrogens (tertiary/aromatic N) is 1. The van der Waals surface area contributed by atoms with E-state index in [9.17, 15) is 0 Å². The van der Waals surface area contributed by atoms with Gasteiger partial charge >= 0.3 is 0 Å². The smallest absolute Gasteiger partial charge is 0.0356 e. The molecule has 2 nitrogen and oxygen atoms in total. The van der Waals surface area contributed by atoms with E-state index in [0.717, 1.165) is 13.0 Å². The summed E-state index contributed by atoms with van der Waals surface area (Å²) in [6.45, 7) is 10.3. The maximum atomic E-state index is 5.51. The highest BCUT2D eigenvalue weighted by molar-refractivity contribution is 5.01. The molecule has 0 aromatic rings. The number of likely N-dealkylation sites (tertiary alicyclic amines) is 1. The molecule has 1 N–H and O–H groups in total. The summed E-state index contributed by atoms with van der Waals surface area (Å²) in [7, 11) is 0. The zero-order chi connectivity index (χ0) is 12.7. The van der Waals surface area contributed by atoms with Crippen molar-refractivity contribution in [1.82, 2.24) is 10.2 Å². The summed E-state index contributed by atoms with van der Waals surface area (Å²) >= 11 is 0. The number of rotatable bonds is 5. The van der Waals surface area contributed by atoms with Gasteiger partial charge in [-0.2, -0.15) is 0 Å². The van der Waals surface area contributed by atoms with Crippen LogP contribution in [-0.2, 0) is 0 Å². The molecule has 0 amide bonds. The first kappa shape index (κ1) is 14.5. The van der Waals surface area contributed by atoms with E-state index in [4.69, 9.17) is 6.42 Å². The third-order valence-corrected chi connectivity index (χ3v) is 4.05. The minimum Gasteiger partial charge on any atom is -0.312 e. The second-order valence-corrected chi connectivity index (χ2v) is 5.57. The molecule has 1 aliphatic heterocycles. The van der Waals surface area contributed by atoms with Crippen molar-refractivity contribution < 1.29 is 0 Å². The lowest BCUT2D eigenvalue weighted by Gasteiger charge is -2.43. The van der Waals surface area contributed by atoms with Gasteiger partial charge in [0.2, 0.25) is 0 Å². The van der Waals surface area contributed by atoms with E-state index < -0.39 is 0 Å². The summed E-state index contributed by atoms with van der Waals surface area (Å²) in [5, 5.41) is 3.56. The predicted octanol–water partition coefficient (Wildman–Crippen LogP) is 2.64. The molecular formula is C15H28N2. The normalized spacial score (nSPS) is 20.6. The van der Waals surface area contributed by atoms with Crippen LogP contribution in [0.2, 0.25) is 0 Å². The second kappa shape index (κ2) is 7.03. The van der Waals surface area contributed by atoms with Gasteiger partial charge in [0.05, 0.1) is 0 Å². The average molecular weight is 236 g/mol. The van der Waals surface area contributed by atoms with E-state index in [-0.39, 0.29) is 5.54 Å². The Morgan fingerprint density at radius 2 is 1.82 bits per heavy atom. The lowest BCUT2D eigenvalue weighted by atomic mass is 9.89. The summed E-state index contributed by atoms with van der Waals surface area (Å²) in [5.41, 5.74) is 0.159. The highest BCUT2D eigenvalue weighted by atomic mass is 15.2. The molecule has 2 heteroatoms. The molecule has 0 aliphatic carbocycles. The molecule has 1 aliphatic rings. The fraction of sp³-hybridized carbons (Fsp3) is 0.867. The first-order valence-electron chi connectivity index (χ1n) is 7.04. The van der Waals surface area contributed by atoms with Crippen LogP contribution in [0.25, 0.3) is 0 Å². The van der Waals surface area contributed by atoms with Crippen molar-refractivity contribution in [3.05, 3.63) is 0 Å². The Kier molecular flexibility index (Phi) is 6.02. The molecule has 1 fully saturated rings. The summed E-state index contributed by atoms with van der Waals surface area (Å²) in [4.78, 5) is 2.63. The number of nitrogens with one attached hydrogen (secondary N) is 1. The van der Waals surface area contributed by atoms with Crippen LogP contribution in [0.15, 0.2) is 0 Å². The summed E-state index contributed by atoms with van der Waals surface area (Å²) in [6.07, 6.45) is 11.8. The molecular weight excluding hydrogens is 208 g/mol. The first-order chi connectivity index (χ1) is 8.12. The molecule has 0 aromatic heterocycles. The Labute approximate surface area is 107 Å². The SMILES string of the molecule is C#CCC(NCC)C(C)(C)N1CCCCCC1. The van der Waals surface area contributed by atoms with Gasteiger partial charge in [0.1, 0.15) is 0 Å². The van der Waals surface area contributed by atoms with E-state index in [1.165, 1.54) is 38.8 Å². The van der Waals surface area contributed by atoms with Gasteiger partial charge in [-0.25, -0.2) is 0 Å². The summed E-state index contributed by atoms with van der Waals surface area (Å²) in [5.74, 6) is 2.82. The van der Waals surface area contributed by atoms with Gasteiger partial charge in [-0.3, -0.25) is 4.90 Å². The zero-order valence-corrected chi connectivity index (χ0v) is 11.8. The van der Waals surface area contributed by atoms with Gasteiger partial charge in [0.15, 0.2) is 0 Å². The number of likely N-dealkylation sites (N-methyl/N-ethyl adjacent to an activating group) is 1. The van der Waals surface area contributed by atoms with E-state index in [0.29, 0.717) is 6.04 Å². The highest BCUT2D eigenvalue weighted by Crippen LogP contribution is 2.24. The maximum absolute atomic E-state index is 5.51. The quantitative estimate of drug-likeness (QED) is 0.738. The van der Waals surface area contributed by atoms with Crippen LogP contribution in [-0.4, -0.2) is 36.1 Å². The number of hydrogen-bond acceptors (Lipinski definition) is 2. The van der Waals surface area contributed by atoms with Crippen molar-refractivity contribution in [2.45, 2.75) is 64.5 Å². The van der Waals surface area contributed by atoms with Crippen LogP contribution >= 0.6 is 0 Å². The molecule has 1 atom stereocenters. The van der Waals surface area contributed by atoms with Gasteiger partial charge in [0.25, 0.3) is 0 Å². The van der Waals surface area contributed by atoms with E-state index >= 15 is 0 Å². The third kappa shape index (κ3) is 4.01. The van der Waals surface area contributed by atoms with Gasteiger partial charge in [-0.1, -0.05) is 19.8 Å². The molecule has 1 rings (SSSR count). The van der Waals surface area contributed by atoms with Crippen LogP contribution in [0.5, 0.6) is 0 Å². The van der Waals surface area contributed by atoms with Crippen LogP contribution in [0.1, 0.15) is 52.9 Å². The Morgan fingerprint density at radius 3 is 2.29 bits per heavy atom. The van der Waals surface area contributed by atoms with E-state index in [1.54, 1.807) is 0 Å². The Balaban J connectivity index is 2.70. The molecule has 0 bridgehead atoms. The van der Waals surface area contributed by atoms with Crippen LogP contribution in [0.3, 0.4) is 0 Å². The summed E-state index contributed by atoms with van der Waals surface area (Å²) in [6, 6.07) is 0.399. The van der Waals surface area contributed by atoms with Crippen LogP contribution in [0, 0.1) is 12.3 Å². The lowest BCUT2D eigenvalue weighted by Crippen LogP contribution is -2.57. The van der Waals surface area contributed by atoms with E-state index in [1.807, 2.05) is 0 Å². The van der Waals surface area contributed by atoms with E-state index in [2.05, 4.69) is 36.9 Å². The van der Waals surface area contributed by atoms with Gasteiger partial charge in [-0.15, -0.1) is 12.3 Å². The highest BCUT2D eigenvalue weighted by Gasteiger charge is 2.34. The topological polar surface area (TPSA) is 15.3 Å². The van der Waals surface area contributed by atoms with Gasteiger partial charge in [-0.05, 0) is 46.3 Å². The Hall–Kier alpha value is -0.520. The van der Waals surface area contributed by atoms with Crippen LogP contribution < -0.4 is 5.32 Å². The standard InChI is InChI=1S/C15H28N2/c1-5-11-14(16-6-2)15(3,4)17-12-9-7-8-10-13-17/h1,14,16H,6-13H2,2-4H3. The molecule has 0 spiro atoms. The molecule has 1 unspecified atom stereocenters. The zero-order valence-electron chi connectivity index (χ0n) is 11.8. The van der Waals surface area contributed by atoms with Crippen molar-refractivity contribution in [1.29, 1.82) is 0 Å². The molecule has 0 saturated carbocycles. The Bertz CT molecular complexity index is 244. The number of terminal acetylenes is 1. The summed E-state index contributed by atoms with van der Waals surface area (Å²) < 4.78 is 0. The molecule has 0 radical (unpaired) electrons. The molecule has 98 valence electrons. The first-order valence-corrected chi connectivity index (χ1v) is 7.04. The van der Waals surface area contributed by atoms with Gasteiger partial charge < -0.3 is 5.32 Å². The van der Waals surface area contributed by atoms with Crippen molar-refractivity contribution in [3.63, 3.8) is 0 Å². The molecule has 0 aromatic carbocycles. The predicted molar refractivity (Wildman–Crippen MR) is 75.0 cm³/mol. The van der Waals surface area contributed by atoms with Crippen molar-refractivity contribution >= 4 is 0 Å². The minimum atomic E-state index is 0.159. The Morgan fingerprint density at radius 1 is 1.24 bits per heavy atom. The van der Waals surface area contributed by atoms with Gasteiger partial charge in [0, 0.05) is 18.0 Å². The monoisotopic (exact) mass is 236 g/mol. The fourth-order valence-electron chi connectivity index (χ4n) is 2.80. The average Bonchev–Trinajstić information content (AvgIpc) is 2.57. The van der Waals surface area contributed by atoms with Crippen molar-refractivity contribution in [2.24, 2.45) is 0 Å². The molecule has 1 heterocycles. The number of hydrogen-bond donors (Lipinski definition) is 1. The fourth-order valence-corrected chi connectivity index (χ4v) is 2.80. The van der Waals surface area contributed by atoms with Crippen molar-refractivity contribution in [3.8, 4) is 12.3 Å². The molecule has 17 heavy (non-hydrogen) atoms. The maximum Gasteiger partial charge on any atom is 0.0356 e. The van der Waals surface area contributed by atoms with Crippen molar-refractivity contribution in [2.75, 3.05) is 19.6 Å². The lowest BCUT2D eigenvalue weighted by molar-refractivity contribution is 0.0858. The second-order valence-electron chi connectivity index (χ2n) is 5.57. The molecule has 1 saturated heterocycles.